The molecule has 0 radical (unpaired) electrons. The van der Waals surface area contributed by atoms with Gasteiger partial charge in [-0.25, -0.2) is 4.39 Å². The molecule has 1 rings (SSSR count). The number of alkyl halides is 1. The van der Waals surface area contributed by atoms with Gasteiger partial charge in [0.25, 0.3) is 0 Å². The molecule has 1 aromatic carbocycles. The number of hydrogen-bond acceptors (Lipinski definition) is 2. The maximum Gasteiger partial charge on any atom is 0.129 e. The summed E-state index contributed by atoms with van der Waals surface area (Å²) in [4.78, 5) is 0. The van der Waals surface area contributed by atoms with Crippen molar-refractivity contribution in [2.24, 2.45) is 0 Å². The zero-order valence-corrected chi connectivity index (χ0v) is 11.2. The van der Waals surface area contributed by atoms with Crippen molar-refractivity contribution >= 4 is 23.2 Å². The van der Waals surface area contributed by atoms with E-state index in [2.05, 4.69) is 5.32 Å². The first-order valence-electron chi connectivity index (χ1n) is 5.41. The quantitative estimate of drug-likeness (QED) is 0.611. The molecule has 0 heterocycles. The van der Waals surface area contributed by atoms with Crippen molar-refractivity contribution in [2.45, 2.75) is 18.3 Å². The Balaban J connectivity index is 2.26. The fourth-order valence-corrected chi connectivity index (χ4v) is 1.80. The number of nitrogens with one attached hydrogen (secondary N) is 1. The zero-order valence-electron chi connectivity index (χ0n) is 9.68. The van der Waals surface area contributed by atoms with E-state index < -0.39 is 0 Å². The normalized spacial score (nSPS) is 12.7. The minimum atomic E-state index is -0.288. The summed E-state index contributed by atoms with van der Waals surface area (Å²) in [5.74, 6) is -0.288. The van der Waals surface area contributed by atoms with Crippen LogP contribution in [0, 0.1) is 5.82 Å². The molecular formula is C12H16Cl2FNO. The summed E-state index contributed by atoms with van der Waals surface area (Å²) in [5, 5.41) is 3.53. The number of hydrogen-bond donors (Lipinski definition) is 1. The number of rotatable bonds is 7. The first kappa shape index (κ1) is 14.7. The van der Waals surface area contributed by atoms with E-state index in [1.165, 1.54) is 6.07 Å². The largest absolute Gasteiger partial charge is 0.383 e. The maximum atomic E-state index is 13.4. The second-order valence-electron chi connectivity index (χ2n) is 3.75. The van der Waals surface area contributed by atoms with Crippen molar-refractivity contribution in [1.82, 2.24) is 5.32 Å². The summed E-state index contributed by atoms with van der Waals surface area (Å²) in [6.45, 7) is 1.72. The summed E-state index contributed by atoms with van der Waals surface area (Å²) >= 11 is 11.6. The molecule has 0 aliphatic carbocycles. The van der Waals surface area contributed by atoms with Crippen LogP contribution < -0.4 is 5.32 Å². The van der Waals surface area contributed by atoms with Gasteiger partial charge in [0.05, 0.1) is 12.0 Å². The maximum absolute atomic E-state index is 13.4. The van der Waals surface area contributed by atoms with Gasteiger partial charge in [0.15, 0.2) is 0 Å². The average Bonchev–Trinajstić information content (AvgIpc) is 2.27. The lowest BCUT2D eigenvalue weighted by Crippen LogP contribution is -2.20. The smallest absolute Gasteiger partial charge is 0.129 e. The van der Waals surface area contributed by atoms with Crippen LogP contribution in [0.15, 0.2) is 18.2 Å². The van der Waals surface area contributed by atoms with Gasteiger partial charge in [-0.1, -0.05) is 17.7 Å². The molecule has 0 aliphatic rings. The Morgan fingerprint density at radius 3 is 2.88 bits per heavy atom. The van der Waals surface area contributed by atoms with Gasteiger partial charge < -0.3 is 10.1 Å². The Bertz CT molecular complexity index is 349. The highest BCUT2D eigenvalue weighted by molar-refractivity contribution is 6.30. The number of methoxy groups -OCH3 is 1. The van der Waals surface area contributed by atoms with Gasteiger partial charge in [-0.2, -0.15) is 0 Å². The molecule has 1 unspecified atom stereocenters. The SMILES string of the molecule is COCC(Cl)CCNCc1ccc(Cl)cc1F. The average molecular weight is 280 g/mol. The number of ether oxygens (including phenoxy) is 1. The Kier molecular flexibility index (Phi) is 6.82. The van der Waals surface area contributed by atoms with Crippen LogP contribution in [0.25, 0.3) is 0 Å². The van der Waals surface area contributed by atoms with Crippen molar-refractivity contribution in [3.63, 3.8) is 0 Å². The van der Waals surface area contributed by atoms with Crippen LogP contribution in [0.5, 0.6) is 0 Å². The van der Waals surface area contributed by atoms with Crippen LogP contribution in [0.2, 0.25) is 5.02 Å². The second-order valence-corrected chi connectivity index (χ2v) is 4.81. The standard InChI is InChI=1S/C12H16Cl2FNO/c1-17-8-11(14)4-5-16-7-9-2-3-10(13)6-12(9)15/h2-3,6,11,16H,4-5,7-8H2,1H3. The van der Waals surface area contributed by atoms with Gasteiger partial charge in [0.2, 0.25) is 0 Å². The molecule has 0 saturated heterocycles. The Labute approximate surface area is 111 Å². The van der Waals surface area contributed by atoms with E-state index in [4.69, 9.17) is 27.9 Å². The van der Waals surface area contributed by atoms with E-state index in [0.29, 0.717) is 23.7 Å². The van der Waals surface area contributed by atoms with E-state index >= 15 is 0 Å². The van der Waals surface area contributed by atoms with Gasteiger partial charge in [0.1, 0.15) is 5.82 Å². The summed E-state index contributed by atoms with van der Waals surface area (Å²) in [6.07, 6.45) is 0.782. The molecule has 0 amide bonds. The van der Waals surface area contributed by atoms with E-state index in [0.717, 1.165) is 13.0 Å². The van der Waals surface area contributed by atoms with Gasteiger partial charge in [-0.3, -0.25) is 0 Å². The molecular weight excluding hydrogens is 264 g/mol. The predicted octanol–water partition coefficient (Wildman–Crippen LogP) is 3.21. The van der Waals surface area contributed by atoms with Crippen LogP contribution in [-0.4, -0.2) is 25.6 Å². The molecule has 0 fully saturated rings. The molecule has 0 aliphatic heterocycles. The third-order valence-corrected chi connectivity index (χ3v) is 2.89. The molecule has 0 saturated carbocycles. The van der Waals surface area contributed by atoms with Gasteiger partial charge >= 0.3 is 0 Å². The number of halogens is 3. The van der Waals surface area contributed by atoms with Crippen molar-refractivity contribution in [3.8, 4) is 0 Å². The highest BCUT2D eigenvalue weighted by Gasteiger charge is 2.05. The first-order valence-corrected chi connectivity index (χ1v) is 6.22. The van der Waals surface area contributed by atoms with Gasteiger partial charge in [0, 0.05) is 24.2 Å². The lowest BCUT2D eigenvalue weighted by atomic mass is 10.2. The van der Waals surface area contributed by atoms with Crippen LogP contribution >= 0.6 is 23.2 Å². The lowest BCUT2D eigenvalue weighted by Gasteiger charge is -2.09. The van der Waals surface area contributed by atoms with E-state index in [-0.39, 0.29) is 11.2 Å². The molecule has 1 atom stereocenters. The predicted molar refractivity (Wildman–Crippen MR) is 69.3 cm³/mol. The van der Waals surface area contributed by atoms with Crippen LogP contribution in [0.4, 0.5) is 4.39 Å². The highest BCUT2D eigenvalue weighted by atomic mass is 35.5. The van der Waals surface area contributed by atoms with Crippen LogP contribution in [0.3, 0.4) is 0 Å². The highest BCUT2D eigenvalue weighted by Crippen LogP contribution is 2.14. The molecule has 5 heteroatoms. The lowest BCUT2D eigenvalue weighted by molar-refractivity contribution is 0.195. The minimum Gasteiger partial charge on any atom is -0.383 e. The third-order valence-electron chi connectivity index (χ3n) is 2.31. The molecule has 1 N–H and O–H groups in total. The van der Waals surface area contributed by atoms with Crippen molar-refractivity contribution in [2.75, 3.05) is 20.3 Å². The van der Waals surface area contributed by atoms with Crippen LogP contribution in [-0.2, 0) is 11.3 Å². The van der Waals surface area contributed by atoms with E-state index in [1.807, 2.05) is 0 Å². The molecule has 1 aromatic rings. The fraction of sp³-hybridized carbons (Fsp3) is 0.500. The summed E-state index contributed by atoms with van der Waals surface area (Å²) < 4.78 is 18.3. The molecule has 96 valence electrons. The topological polar surface area (TPSA) is 21.3 Å². The van der Waals surface area contributed by atoms with Crippen LogP contribution in [0.1, 0.15) is 12.0 Å². The third kappa shape index (κ3) is 5.68. The molecule has 2 nitrogen and oxygen atoms in total. The van der Waals surface area contributed by atoms with Gasteiger partial charge in [-0.05, 0) is 25.1 Å². The molecule has 0 aromatic heterocycles. The molecule has 0 bridgehead atoms. The summed E-state index contributed by atoms with van der Waals surface area (Å²) in [7, 11) is 1.62. The monoisotopic (exact) mass is 279 g/mol. The van der Waals surface area contributed by atoms with E-state index in [1.54, 1.807) is 19.2 Å². The van der Waals surface area contributed by atoms with Gasteiger partial charge in [-0.15, -0.1) is 11.6 Å². The van der Waals surface area contributed by atoms with Crippen molar-refractivity contribution in [3.05, 3.63) is 34.6 Å². The van der Waals surface area contributed by atoms with Crippen molar-refractivity contribution in [1.29, 1.82) is 0 Å². The molecule has 17 heavy (non-hydrogen) atoms. The Morgan fingerprint density at radius 2 is 2.24 bits per heavy atom. The van der Waals surface area contributed by atoms with E-state index in [9.17, 15) is 4.39 Å². The number of benzene rings is 1. The second kappa shape index (κ2) is 7.88. The zero-order chi connectivity index (χ0) is 12.7. The minimum absolute atomic E-state index is 0.0115. The summed E-state index contributed by atoms with van der Waals surface area (Å²) in [6, 6.07) is 4.67. The Morgan fingerprint density at radius 1 is 1.47 bits per heavy atom. The first-order chi connectivity index (χ1) is 8.13. The Hall–Kier alpha value is -0.350. The summed E-state index contributed by atoms with van der Waals surface area (Å²) in [5.41, 5.74) is 0.604. The van der Waals surface area contributed by atoms with Crippen molar-refractivity contribution < 1.29 is 9.13 Å². The molecule has 0 spiro atoms. The fourth-order valence-electron chi connectivity index (χ4n) is 1.41.